The van der Waals surface area contributed by atoms with Crippen molar-refractivity contribution in [1.29, 1.82) is 0 Å². The van der Waals surface area contributed by atoms with Crippen molar-refractivity contribution in [3.8, 4) is 10.6 Å². The summed E-state index contributed by atoms with van der Waals surface area (Å²) in [4.78, 5) is 5.97. The van der Waals surface area contributed by atoms with E-state index in [-0.39, 0.29) is 5.02 Å². The van der Waals surface area contributed by atoms with E-state index in [9.17, 15) is 4.39 Å². The van der Waals surface area contributed by atoms with Crippen LogP contribution in [-0.4, -0.2) is 11.0 Å². The molecule has 0 radical (unpaired) electrons. The third-order valence-corrected chi connectivity index (χ3v) is 4.54. The summed E-state index contributed by atoms with van der Waals surface area (Å²) in [5.74, 6) is -0.396. The summed E-state index contributed by atoms with van der Waals surface area (Å²) in [6, 6.07) is 5.20. The Morgan fingerprint density at radius 1 is 1.38 bits per heavy atom. The van der Waals surface area contributed by atoms with Crippen LogP contribution in [0.5, 0.6) is 0 Å². The molecule has 114 valence electrons. The molecule has 0 aliphatic heterocycles. The van der Waals surface area contributed by atoms with E-state index in [4.69, 9.17) is 16.6 Å². The Labute approximate surface area is 134 Å². The molecule has 0 saturated carbocycles. The monoisotopic (exact) mass is 326 g/mol. The van der Waals surface area contributed by atoms with Crippen molar-refractivity contribution in [3.05, 3.63) is 39.6 Å². The van der Waals surface area contributed by atoms with Crippen LogP contribution in [0.15, 0.2) is 18.2 Å². The van der Waals surface area contributed by atoms with Gasteiger partial charge in [0.25, 0.3) is 0 Å². The van der Waals surface area contributed by atoms with Crippen LogP contribution in [0.3, 0.4) is 0 Å². The first-order valence-electron chi connectivity index (χ1n) is 7.18. The molecule has 5 heteroatoms. The van der Waals surface area contributed by atoms with E-state index in [1.807, 2.05) is 0 Å². The molecular formula is C16H20ClFN2S. The number of aryl methyl sites for hydroxylation is 1. The molecule has 1 aromatic carbocycles. The highest BCUT2D eigenvalue weighted by Crippen LogP contribution is 2.31. The smallest absolute Gasteiger partial charge is 0.141 e. The van der Waals surface area contributed by atoms with Gasteiger partial charge in [-0.25, -0.2) is 9.37 Å². The topological polar surface area (TPSA) is 24.9 Å². The zero-order valence-electron chi connectivity index (χ0n) is 12.5. The number of benzene rings is 1. The molecule has 1 heterocycles. The molecule has 0 fully saturated rings. The van der Waals surface area contributed by atoms with Crippen molar-refractivity contribution in [1.82, 2.24) is 10.3 Å². The van der Waals surface area contributed by atoms with Crippen LogP contribution in [0.1, 0.15) is 37.8 Å². The van der Waals surface area contributed by atoms with Crippen molar-refractivity contribution < 1.29 is 4.39 Å². The normalized spacial score (nSPS) is 11.3. The second-order valence-electron chi connectivity index (χ2n) is 5.30. The molecule has 0 aliphatic rings. The van der Waals surface area contributed by atoms with Gasteiger partial charge >= 0.3 is 0 Å². The SMILES string of the molecule is CCCc1nc(-c2ccc(F)c(Cl)c2)sc1CNC(C)C. The molecule has 0 atom stereocenters. The molecule has 0 saturated heterocycles. The maximum Gasteiger partial charge on any atom is 0.141 e. The van der Waals surface area contributed by atoms with Gasteiger partial charge in [0.2, 0.25) is 0 Å². The van der Waals surface area contributed by atoms with E-state index in [0.717, 1.165) is 35.7 Å². The van der Waals surface area contributed by atoms with E-state index < -0.39 is 5.82 Å². The van der Waals surface area contributed by atoms with Crippen LogP contribution >= 0.6 is 22.9 Å². The van der Waals surface area contributed by atoms with E-state index in [1.54, 1.807) is 23.5 Å². The lowest BCUT2D eigenvalue weighted by atomic mass is 10.2. The molecule has 2 aromatic rings. The van der Waals surface area contributed by atoms with Crippen LogP contribution < -0.4 is 5.32 Å². The van der Waals surface area contributed by atoms with Gasteiger partial charge in [0.1, 0.15) is 10.8 Å². The van der Waals surface area contributed by atoms with E-state index in [1.165, 1.54) is 10.9 Å². The lowest BCUT2D eigenvalue weighted by Crippen LogP contribution is -2.21. The van der Waals surface area contributed by atoms with Crippen LogP contribution in [-0.2, 0) is 13.0 Å². The molecule has 2 nitrogen and oxygen atoms in total. The Bertz CT molecular complexity index is 610. The van der Waals surface area contributed by atoms with Crippen molar-refractivity contribution in [3.63, 3.8) is 0 Å². The summed E-state index contributed by atoms with van der Waals surface area (Å²) in [7, 11) is 0. The predicted molar refractivity (Wildman–Crippen MR) is 88.5 cm³/mol. The van der Waals surface area contributed by atoms with Crippen molar-refractivity contribution in [2.75, 3.05) is 0 Å². The standard InChI is InChI=1S/C16H20ClFN2S/c1-4-5-14-15(9-19-10(2)3)21-16(20-14)11-6-7-13(18)12(17)8-11/h6-8,10,19H,4-5,9H2,1-3H3. The summed E-state index contributed by atoms with van der Waals surface area (Å²) in [6.45, 7) is 7.22. The number of rotatable bonds is 6. The van der Waals surface area contributed by atoms with Gasteiger partial charge in [-0.2, -0.15) is 0 Å². The third-order valence-electron chi connectivity index (χ3n) is 3.10. The summed E-state index contributed by atoms with van der Waals surface area (Å²) in [5, 5.41) is 4.47. The number of nitrogens with one attached hydrogen (secondary N) is 1. The molecule has 2 rings (SSSR count). The molecule has 0 spiro atoms. The van der Waals surface area contributed by atoms with E-state index >= 15 is 0 Å². The largest absolute Gasteiger partial charge is 0.310 e. The predicted octanol–water partition coefficient (Wildman–Crippen LogP) is 5.05. The van der Waals surface area contributed by atoms with Crippen LogP contribution in [0.4, 0.5) is 4.39 Å². The lowest BCUT2D eigenvalue weighted by molar-refractivity contribution is 0.589. The van der Waals surface area contributed by atoms with Gasteiger partial charge in [-0.05, 0) is 24.6 Å². The second kappa shape index (κ2) is 7.34. The fourth-order valence-corrected chi connectivity index (χ4v) is 3.24. The number of aromatic nitrogens is 1. The first kappa shape index (κ1) is 16.4. The fourth-order valence-electron chi connectivity index (χ4n) is 2.00. The van der Waals surface area contributed by atoms with Crippen LogP contribution in [0.2, 0.25) is 5.02 Å². The highest BCUT2D eigenvalue weighted by atomic mass is 35.5. The van der Waals surface area contributed by atoms with E-state index in [0.29, 0.717) is 6.04 Å². The summed E-state index contributed by atoms with van der Waals surface area (Å²) >= 11 is 7.52. The quantitative estimate of drug-likeness (QED) is 0.803. The van der Waals surface area contributed by atoms with Gasteiger partial charge in [0, 0.05) is 23.0 Å². The minimum Gasteiger partial charge on any atom is -0.310 e. The number of hydrogen-bond donors (Lipinski definition) is 1. The minimum absolute atomic E-state index is 0.140. The van der Waals surface area contributed by atoms with Gasteiger partial charge in [0.05, 0.1) is 10.7 Å². The molecule has 21 heavy (non-hydrogen) atoms. The third kappa shape index (κ3) is 4.25. The van der Waals surface area contributed by atoms with Gasteiger partial charge in [-0.15, -0.1) is 11.3 Å². The maximum atomic E-state index is 13.3. The van der Waals surface area contributed by atoms with Crippen molar-refractivity contribution in [2.24, 2.45) is 0 Å². The highest BCUT2D eigenvalue weighted by molar-refractivity contribution is 7.15. The van der Waals surface area contributed by atoms with Gasteiger partial charge in [-0.1, -0.05) is 38.8 Å². The number of nitrogens with zero attached hydrogens (tertiary/aromatic N) is 1. The summed E-state index contributed by atoms with van der Waals surface area (Å²) in [6.07, 6.45) is 2.02. The first-order chi connectivity index (χ1) is 10.0. The number of halogens is 2. The fraction of sp³-hybridized carbons (Fsp3) is 0.438. The molecule has 0 unspecified atom stereocenters. The Morgan fingerprint density at radius 2 is 2.14 bits per heavy atom. The minimum atomic E-state index is -0.396. The Morgan fingerprint density at radius 3 is 2.76 bits per heavy atom. The Hall–Kier alpha value is -0.970. The summed E-state index contributed by atoms with van der Waals surface area (Å²) < 4.78 is 13.3. The molecule has 0 aliphatic carbocycles. The Balaban J connectivity index is 2.31. The van der Waals surface area contributed by atoms with Crippen LogP contribution in [0.25, 0.3) is 10.6 Å². The number of hydrogen-bond acceptors (Lipinski definition) is 3. The van der Waals surface area contributed by atoms with Gasteiger partial charge in [-0.3, -0.25) is 0 Å². The van der Waals surface area contributed by atoms with Crippen molar-refractivity contribution in [2.45, 2.75) is 46.2 Å². The average Bonchev–Trinajstić information content (AvgIpc) is 2.83. The lowest BCUT2D eigenvalue weighted by Gasteiger charge is -2.07. The average molecular weight is 327 g/mol. The van der Waals surface area contributed by atoms with Gasteiger partial charge in [0.15, 0.2) is 0 Å². The first-order valence-corrected chi connectivity index (χ1v) is 8.38. The van der Waals surface area contributed by atoms with Crippen molar-refractivity contribution >= 4 is 22.9 Å². The second-order valence-corrected chi connectivity index (χ2v) is 6.79. The number of thiazole rings is 1. The zero-order chi connectivity index (χ0) is 15.4. The van der Waals surface area contributed by atoms with Crippen LogP contribution in [0, 0.1) is 5.82 Å². The molecule has 0 bridgehead atoms. The molecular weight excluding hydrogens is 307 g/mol. The highest BCUT2D eigenvalue weighted by Gasteiger charge is 2.13. The summed E-state index contributed by atoms with van der Waals surface area (Å²) in [5.41, 5.74) is 2.01. The molecule has 1 N–H and O–H groups in total. The molecule has 0 amide bonds. The zero-order valence-corrected chi connectivity index (χ0v) is 14.1. The molecule has 1 aromatic heterocycles. The van der Waals surface area contributed by atoms with E-state index in [2.05, 4.69) is 26.1 Å². The van der Waals surface area contributed by atoms with Gasteiger partial charge < -0.3 is 5.32 Å². The maximum absolute atomic E-state index is 13.3. The Kier molecular flexibility index (Phi) is 5.73.